The minimum Gasteiger partial charge on any atom is -0.343 e. The molecule has 1 fully saturated rings. The van der Waals surface area contributed by atoms with Crippen molar-refractivity contribution in [1.29, 1.82) is 0 Å². The Morgan fingerprint density at radius 2 is 2.04 bits per heavy atom. The summed E-state index contributed by atoms with van der Waals surface area (Å²) in [4.78, 5) is 14.4. The predicted molar refractivity (Wildman–Crippen MR) is 96.5 cm³/mol. The number of hydrogen-bond donors (Lipinski definition) is 0. The van der Waals surface area contributed by atoms with Crippen LogP contribution < -0.4 is 0 Å². The number of nitrogens with zero attached hydrogens (tertiary/aromatic N) is 3. The molecule has 1 saturated carbocycles. The van der Waals surface area contributed by atoms with Gasteiger partial charge in [0.25, 0.3) is 0 Å². The molecule has 1 aromatic heterocycles. The number of carbonyl (C=O) groups is 1. The Hall–Kier alpha value is -2.17. The summed E-state index contributed by atoms with van der Waals surface area (Å²) in [6.45, 7) is 4.49. The first-order valence-electron chi connectivity index (χ1n) is 9.22. The topological polar surface area (TPSA) is 38.1 Å². The van der Waals surface area contributed by atoms with Crippen LogP contribution in [0, 0.1) is 11.7 Å². The van der Waals surface area contributed by atoms with Crippen molar-refractivity contribution in [1.82, 2.24) is 14.7 Å². The molecule has 0 bridgehead atoms. The lowest BCUT2D eigenvalue weighted by molar-refractivity contribution is -0.132. The van der Waals surface area contributed by atoms with Crippen molar-refractivity contribution < 1.29 is 9.18 Å². The van der Waals surface area contributed by atoms with Crippen LogP contribution in [0.2, 0.25) is 0 Å². The van der Waals surface area contributed by atoms with E-state index in [0.29, 0.717) is 18.9 Å². The van der Waals surface area contributed by atoms with Crippen LogP contribution in [-0.4, -0.2) is 33.7 Å². The Labute approximate surface area is 148 Å². The maximum atomic E-state index is 13.0. The molecule has 0 aliphatic heterocycles. The first kappa shape index (κ1) is 17.6. The number of benzene rings is 1. The molecular formula is C20H26FN3O. The van der Waals surface area contributed by atoms with Crippen molar-refractivity contribution in [2.45, 2.75) is 45.6 Å². The highest BCUT2D eigenvalue weighted by atomic mass is 19.1. The van der Waals surface area contributed by atoms with Gasteiger partial charge in [-0.1, -0.05) is 18.6 Å². The quantitative estimate of drug-likeness (QED) is 0.723. The molecule has 1 heterocycles. The van der Waals surface area contributed by atoms with Crippen LogP contribution in [0.3, 0.4) is 0 Å². The Morgan fingerprint density at radius 1 is 1.28 bits per heavy atom. The van der Waals surface area contributed by atoms with Crippen LogP contribution in [0.1, 0.15) is 39.0 Å². The smallest absolute Gasteiger partial charge is 0.222 e. The van der Waals surface area contributed by atoms with E-state index in [1.54, 1.807) is 18.3 Å². The van der Waals surface area contributed by atoms with Crippen LogP contribution in [-0.2, 0) is 11.3 Å². The van der Waals surface area contributed by atoms with Crippen molar-refractivity contribution >= 4 is 5.91 Å². The van der Waals surface area contributed by atoms with Gasteiger partial charge in [0.05, 0.1) is 6.20 Å². The van der Waals surface area contributed by atoms with E-state index in [0.717, 1.165) is 30.6 Å². The number of aromatic nitrogens is 2. The summed E-state index contributed by atoms with van der Waals surface area (Å²) in [5, 5.41) is 4.35. The molecule has 0 N–H and O–H groups in total. The zero-order valence-corrected chi connectivity index (χ0v) is 14.8. The lowest BCUT2D eigenvalue weighted by Crippen LogP contribution is -2.37. The fraction of sp³-hybridized carbons (Fsp3) is 0.500. The zero-order valence-electron chi connectivity index (χ0n) is 14.8. The Balaban J connectivity index is 1.47. The molecule has 3 rings (SSSR count). The minimum absolute atomic E-state index is 0.239. The van der Waals surface area contributed by atoms with E-state index in [1.807, 2.05) is 15.8 Å². The molecule has 0 spiro atoms. The molecule has 4 nitrogen and oxygen atoms in total. The van der Waals surface area contributed by atoms with Gasteiger partial charge in [-0.05, 0) is 49.8 Å². The van der Waals surface area contributed by atoms with Crippen LogP contribution in [0.4, 0.5) is 4.39 Å². The average Bonchev–Trinajstić information content (AvgIpc) is 3.03. The lowest BCUT2D eigenvalue weighted by Gasteiger charge is -2.31. The van der Waals surface area contributed by atoms with Gasteiger partial charge in [-0.25, -0.2) is 4.39 Å². The summed E-state index contributed by atoms with van der Waals surface area (Å²) in [6, 6.07) is 6.40. The first-order chi connectivity index (χ1) is 12.2. The van der Waals surface area contributed by atoms with Gasteiger partial charge >= 0.3 is 0 Å². The summed E-state index contributed by atoms with van der Waals surface area (Å²) < 4.78 is 14.8. The number of carbonyl (C=O) groups excluding carboxylic acids is 1. The second-order valence-electron chi connectivity index (χ2n) is 6.83. The Kier molecular flexibility index (Phi) is 5.84. The molecule has 0 radical (unpaired) electrons. The molecule has 25 heavy (non-hydrogen) atoms. The summed E-state index contributed by atoms with van der Waals surface area (Å²) in [6.07, 6.45) is 8.92. The van der Waals surface area contributed by atoms with Crippen LogP contribution >= 0.6 is 0 Å². The van der Waals surface area contributed by atoms with Gasteiger partial charge in [0.1, 0.15) is 5.82 Å². The minimum atomic E-state index is -0.239. The molecule has 1 aliphatic carbocycles. The molecule has 1 aromatic carbocycles. The summed E-state index contributed by atoms with van der Waals surface area (Å²) >= 11 is 0. The van der Waals surface area contributed by atoms with Gasteiger partial charge < -0.3 is 4.90 Å². The number of rotatable bonds is 8. The number of halogens is 1. The van der Waals surface area contributed by atoms with E-state index in [9.17, 15) is 9.18 Å². The average molecular weight is 343 g/mol. The largest absolute Gasteiger partial charge is 0.343 e. The van der Waals surface area contributed by atoms with Crippen LogP contribution in [0.15, 0.2) is 36.7 Å². The van der Waals surface area contributed by atoms with Crippen molar-refractivity contribution in [3.05, 3.63) is 42.5 Å². The molecule has 134 valence electrons. The molecule has 0 saturated heterocycles. The van der Waals surface area contributed by atoms with E-state index >= 15 is 0 Å². The fourth-order valence-electron chi connectivity index (χ4n) is 3.22. The predicted octanol–water partition coefficient (Wildman–Crippen LogP) is 4.12. The second kappa shape index (κ2) is 8.28. The monoisotopic (exact) mass is 343 g/mol. The normalized spacial score (nSPS) is 14.3. The molecule has 2 aromatic rings. The van der Waals surface area contributed by atoms with Gasteiger partial charge in [0.15, 0.2) is 0 Å². The van der Waals surface area contributed by atoms with E-state index in [-0.39, 0.29) is 11.7 Å². The second-order valence-corrected chi connectivity index (χ2v) is 6.83. The van der Waals surface area contributed by atoms with Gasteiger partial charge in [-0.2, -0.15) is 5.10 Å². The van der Waals surface area contributed by atoms with Gasteiger partial charge in [0, 0.05) is 37.8 Å². The standard InChI is InChI=1S/C20H26FN3O/c1-2-23(14-16-5-3-6-16)20(25)7-4-12-24-15-18(13-22-24)17-8-10-19(21)11-9-17/h8-11,13,15-16H,2-7,12,14H2,1H3. The highest BCUT2D eigenvalue weighted by Gasteiger charge is 2.22. The molecule has 1 aliphatic rings. The Morgan fingerprint density at radius 3 is 2.68 bits per heavy atom. The maximum Gasteiger partial charge on any atom is 0.222 e. The Bertz CT molecular complexity index is 691. The van der Waals surface area contributed by atoms with Crippen molar-refractivity contribution in [3.8, 4) is 11.1 Å². The summed E-state index contributed by atoms with van der Waals surface area (Å²) in [5.41, 5.74) is 1.91. The van der Waals surface area contributed by atoms with E-state index in [2.05, 4.69) is 12.0 Å². The molecular weight excluding hydrogens is 317 g/mol. The third kappa shape index (κ3) is 4.68. The summed E-state index contributed by atoms with van der Waals surface area (Å²) in [5.74, 6) is 0.727. The number of amides is 1. The maximum absolute atomic E-state index is 13.0. The van der Waals surface area contributed by atoms with Gasteiger partial charge in [0.2, 0.25) is 5.91 Å². The van der Waals surface area contributed by atoms with Crippen molar-refractivity contribution in [3.63, 3.8) is 0 Å². The zero-order chi connectivity index (χ0) is 17.6. The van der Waals surface area contributed by atoms with E-state index in [4.69, 9.17) is 0 Å². The highest BCUT2D eigenvalue weighted by Crippen LogP contribution is 2.27. The molecule has 5 heteroatoms. The van der Waals surface area contributed by atoms with Gasteiger partial charge in [-0.15, -0.1) is 0 Å². The van der Waals surface area contributed by atoms with E-state index in [1.165, 1.54) is 31.4 Å². The van der Waals surface area contributed by atoms with Crippen molar-refractivity contribution in [2.24, 2.45) is 5.92 Å². The molecule has 0 atom stereocenters. The first-order valence-corrected chi connectivity index (χ1v) is 9.22. The van der Waals surface area contributed by atoms with Gasteiger partial charge in [-0.3, -0.25) is 9.48 Å². The van der Waals surface area contributed by atoms with Crippen LogP contribution in [0.25, 0.3) is 11.1 Å². The fourth-order valence-corrected chi connectivity index (χ4v) is 3.22. The molecule has 0 unspecified atom stereocenters. The number of aryl methyl sites for hydroxylation is 1. The molecule has 1 amide bonds. The van der Waals surface area contributed by atoms with E-state index < -0.39 is 0 Å². The lowest BCUT2D eigenvalue weighted by atomic mass is 9.85. The number of hydrogen-bond acceptors (Lipinski definition) is 2. The van der Waals surface area contributed by atoms with Crippen molar-refractivity contribution in [2.75, 3.05) is 13.1 Å². The van der Waals surface area contributed by atoms with Crippen LogP contribution in [0.5, 0.6) is 0 Å². The summed E-state index contributed by atoms with van der Waals surface area (Å²) in [7, 11) is 0. The third-order valence-electron chi connectivity index (χ3n) is 5.03. The SMILES string of the molecule is CCN(CC1CCC1)C(=O)CCCn1cc(-c2ccc(F)cc2)cn1. The highest BCUT2D eigenvalue weighted by molar-refractivity contribution is 5.76. The third-order valence-corrected chi connectivity index (χ3v) is 5.03.